The highest BCUT2D eigenvalue weighted by Crippen LogP contribution is 2.39. The van der Waals surface area contributed by atoms with Crippen LogP contribution in [0.25, 0.3) is 0 Å². The summed E-state index contributed by atoms with van der Waals surface area (Å²) in [6, 6.07) is 5.96. The number of carbonyl (C=O) groups is 1. The molecular weight excluding hydrogens is 198 g/mol. The maximum atomic E-state index is 10.5. The number of aliphatic carboxylic acids is 1. The first kappa shape index (κ1) is 9.95. The summed E-state index contributed by atoms with van der Waals surface area (Å²) in [4.78, 5) is 10.5. The van der Waals surface area contributed by atoms with E-state index in [4.69, 9.17) is 5.11 Å². The van der Waals surface area contributed by atoms with E-state index in [1.807, 2.05) is 0 Å². The van der Waals surface area contributed by atoms with E-state index in [0.29, 0.717) is 11.3 Å². The lowest BCUT2D eigenvalue weighted by molar-refractivity contribution is -0.138. The molecule has 2 atom stereocenters. The molecule has 3 N–H and O–H groups in total. The van der Waals surface area contributed by atoms with E-state index in [9.17, 15) is 15.1 Å². The Hall–Kier alpha value is -1.59. The van der Waals surface area contributed by atoms with Crippen LogP contribution in [0.15, 0.2) is 24.3 Å². The third-order valence-corrected chi connectivity index (χ3v) is 2.56. The number of carboxylic acids is 1. The van der Waals surface area contributed by atoms with Crippen molar-refractivity contribution in [3.05, 3.63) is 29.8 Å². The van der Waals surface area contributed by atoms with Gasteiger partial charge < -0.3 is 10.2 Å². The van der Waals surface area contributed by atoms with E-state index >= 15 is 0 Å². The van der Waals surface area contributed by atoms with Crippen LogP contribution in [0, 0.1) is 0 Å². The Labute approximate surface area is 86.1 Å². The highest BCUT2D eigenvalue weighted by Gasteiger charge is 2.37. The Kier molecular flexibility index (Phi) is 2.34. The van der Waals surface area contributed by atoms with E-state index in [1.165, 1.54) is 0 Å². The number of anilines is 1. The van der Waals surface area contributed by atoms with E-state index in [1.54, 1.807) is 24.3 Å². The van der Waals surface area contributed by atoms with Gasteiger partial charge in [-0.1, -0.05) is 18.2 Å². The lowest BCUT2D eigenvalue weighted by atomic mass is 10.0. The molecule has 2 unspecified atom stereocenters. The maximum absolute atomic E-state index is 10.5. The highest BCUT2D eigenvalue weighted by molar-refractivity contribution is 5.70. The van der Waals surface area contributed by atoms with Crippen LogP contribution < -0.4 is 5.06 Å². The van der Waals surface area contributed by atoms with Gasteiger partial charge in [0.25, 0.3) is 0 Å². The number of hydroxylamine groups is 1. The average Bonchev–Trinajstić information content (AvgIpc) is 2.44. The number of hydrogen-bond acceptors (Lipinski definition) is 4. The fraction of sp³-hybridized carbons (Fsp3) is 0.300. The zero-order valence-electron chi connectivity index (χ0n) is 7.87. The van der Waals surface area contributed by atoms with Gasteiger partial charge in [0.05, 0.1) is 18.2 Å². The number of aliphatic hydroxyl groups excluding tert-OH is 1. The topological polar surface area (TPSA) is 81.0 Å². The first-order valence-electron chi connectivity index (χ1n) is 4.58. The standard InChI is InChI=1S/C10H11NO4/c12-9(13)5-8-10(14)6-3-1-2-4-7(6)11(8)15/h1-4,8,10,14-15H,5H2,(H,12,13). The van der Waals surface area contributed by atoms with Gasteiger partial charge >= 0.3 is 5.97 Å². The number of carboxylic acid groups (broad SMARTS) is 1. The second-order valence-electron chi connectivity index (χ2n) is 3.51. The number of aliphatic hydroxyl groups is 1. The second-order valence-corrected chi connectivity index (χ2v) is 3.51. The van der Waals surface area contributed by atoms with Crippen LogP contribution in [-0.4, -0.2) is 27.4 Å². The predicted octanol–water partition coefficient (Wildman–Crippen LogP) is 0.773. The molecule has 1 aromatic carbocycles. The molecule has 15 heavy (non-hydrogen) atoms. The average molecular weight is 209 g/mol. The van der Waals surface area contributed by atoms with Crippen LogP contribution in [0.4, 0.5) is 5.69 Å². The SMILES string of the molecule is O=C(O)CC1C(O)c2ccccc2N1O. The number of para-hydroxylation sites is 1. The molecule has 0 radical (unpaired) electrons. The van der Waals surface area contributed by atoms with Gasteiger partial charge in [-0.25, -0.2) is 0 Å². The fourth-order valence-electron chi connectivity index (χ4n) is 1.84. The highest BCUT2D eigenvalue weighted by atomic mass is 16.5. The molecule has 1 aliphatic rings. The molecule has 0 saturated heterocycles. The molecule has 1 aromatic rings. The van der Waals surface area contributed by atoms with E-state index < -0.39 is 18.1 Å². The Morgan fingerprint density at radius 3 is 2.67 bits per heavy atom. The molecule has 5 nitrogen and oxygen atoms in total. The molecule has 2 rings (SSSR count). The van der Waals surface area contributed by atoms with Crippen molar-refractivity contribution in [2.45, 2.75) is 18.6 Å². The second kappa shape index (κ2) is 3.52. The van der Waals surface area contributed by atoms with Crippen molar-refractivity contribution >= 4 is 11.7 Å². The number of hydrogen-bond donors (Lipinski definition) is 3. The summed E-state index contributed by atoms with van der Waals surface area (Å²) in [6.07, 6.45) is -1.26. The molecule has 0 aliphatic carbocycles. The molecule has 1 heterocycles. The zero-order valence-corrected chi connectivity index (χ0v) is 7.87. The Morgan fingerprint density at radius 1 is 1.40 bits per heavy atom. The Balaban J connectivity index is 2.32. The van der Waals surface area contributed by atoms with Gasteiger partial charge in [-0.3, -0.25) is 15.1 Å². The van der Waals surface area contributed by atoms with Crippen LogP contribution in [0.1, 0.15) is 18.1 Å². The van der Waals surface area contributed by atoms with Gasteiger partial charge in [0, 0.05) is 5.56 Å². The molecule has 1 aliphatic heterocycles. The van der Waals surface area contributed by atoms with Crippen LogP contribution in [0.5, 0.6) is 0 Å². The van der Waals surface area contributed by atoms with Gasteiger partial charge in [0.15, 0.2) is 0 Å². The quantitative estimate of drug-likeness (QED) is 0.670. The number of rotatable bonds is 2. The van der Waals surface area contributed by atoms with Gasteiger partial charge in [-0.2, -0.15) is 0 Å². The summed E-state index contributed by atoms with van der Waals surface area (Å²) in [7, 11) is 0. The normalized spacial score (nSPS) is 24.0. The summed E-state index contributed by atoms with van der Waals surface area (Å²) in [5.41, 5.74) is 1.03. The van der Waals surface area contributed by atoms with Crippen molar-refractivity contribution in [3.8, 4) is 0 Å². The summed E-state index contributed by atoms with van der Waals surface area (Å²) in [5.74, 6) is -1.05. The number of nitrogens with zero attached hydrogens (tertiary/aromatic N) is 1. The van der Waals surface area contributed by atoms with E-state index in [0.717, 1.165) is 5.06 Å². The van der Waals surface area contributed by atoms with E-state index in [-0.39, 0.29) is 6.42 Å². The third kappa shape index (κ3) is 1.55. The van der Waals surface area contributed by atoms with Crippen molar-refractivity contribution in [2.24, 2.45) is 0 Å². The van der Waals surface area contributed by atoms with Gasteiger partial charge in [0.1, 0.15) is 6.10 Å². The molecule has 0 fully saturated rings. The van der Waals surface area contributed by atoms with Crippen LogP contribution >= 0.6 is 0 Å². The molecular formula is C10H11NO4. The van der Waals surface area contributed by atoms with Crippen molar-refractivity contribution in [2.75, 3.05) is 5.06 Å². The van der Waals surface area contributed by atoms with Crippen LogP contribution in [-0.2, 0) is 4.79 Å². The predicted molar refractivity (Wildman–Crippen MR) is 51.7 cm³/mol. The molecule has 80 valence electrons. The summed E-state index contributed by atoms with van der Waals surface area (Å²) in [6.45, 7) is 0. The molecule has 0 saturated carbocycles. The minimum Gasteiger partial charge on any atom is -0.481 e. The lowest BCUT2D eigenvalue weighted by Gasteiger charge is -2.20. The lowest BCUT2D eigenvalue weighted by Crippen LogP contribution is -2.33. The molecule has 0 amide bonds. The monoisotopic (exact) mass is 209 g/mol. The summed E-state index contributed by atoms with van der Waals surface area (Å²) >= 11 is 0. The Morgan fingerprint density at radius 2 is 2.07 bits per heavy atom. The van der Waals surface area contributed by atoms with Crippen molar-refractivity contribution < 1.29 is 20.2 Å². The smallest absolute Gasteiger partial charge is 0.305 e. The van der Waals surface area contributed by atoms with Gasteiger partial charge in [0.2, 0.25) is 0 Å². The first-order valence-corrected chi connectivity index (χ1v) is 4.58. The number of fused-ring (bicyclic) bond motifs is 1. The molecule has 5 heteroatoms. The fourth-order valence-corrected chi connectivity index (χ4v) is 1.84. The molecule has 0 spiro atoms. The minimum absolute atomic E-state index is 0.299. The maximum Gasteiger partial charge on any atom is 0.305 e. The van der Waals surface area contributed by atoms with Crippen molar-refractivity contribution in [3.63, 3.8) is 0 Å². The molecule has 0 aromatic heterocycles. The first-order chi connectivity index (χ1) is 7.11. The summed E-state index contributed by atoms with van der Waals surface area (Å²) < 4.78 is 0. The van der Waals surface area contributed by atoms with Gasteiger partial charge in [-0.05, 0) is 6.07 Å². The minimum atomic E-state index is -1.05. The molecule has 0 bridgehead atoms. The third-order valence-electron chi connectivity index (χ3n) is 2.56. The summed E-state index contributed by atoms with van der Waals surface area (Å²) in [5, 5.41) is 28.9. The van der Waals surface area contributed by atoms with Gasteiger partial charge in [-0.15, -0.1) is 0 Å². The largest absolute Gasteiger partial charge is 0.481 e. The van der Waals surface area contributed by atoms with E-state index in [2.05, 4.69) is 0 Å². The van der Waals surface area contributed by atoms with Crippen molar-refractivity contribution in [1.82, 2.24) is 0 Å². The Bertz CT molecular complexity index is 364. The van der Waals surface area contributed by atoms with Crippen LogP contribution in [0.3, 0.4) is 0 Å². The van der Waals surface area contributed by atoms with Crippen LogP contribution in [0.2, 0.25) is 0 Å². The van der Waals surface area contributed by atoms with Crippen molar-refractivity contribution in [1.29, 1.82) is 0 Å². The number of benzene rings is 1. The zero-order chi connectivity index (χ0) is 11.0.